The van der Waals surface area contributed by atoms with E-state index in [-0.39, 0.29) is 12.5 Å². The number of esters is 1. The Balaban J connectivity index is 1.78. The number of carbonyl (C=O) groups excluding carboxylic acids is 2. The molecule has 0 aliphatic carbocycles. The van der Waals surface area contributed by atoms with Crippen molar-refractivity contribution in [1.29, 1.82) is 0 Å². The Morgan fingerprint density at radius 3 is 2.36 bits per heavy atom. The van der Waals surface area contributed by atoms with Crippen LogP contribution in [0.3, 0.4) is 0 Å². The summed E-state index contributed by atoms with van der Waals surface area (Å²) in [5, 5.41) is 2.74. The fraction of sp³-hybridized carbons (Fsp3) is 0.300. The molecule has 0 atom stereocenters. The Kier molecular flexibility index (Phi) is 6.57. The number of carbonyl (C=O) groups is 2. The lowest BCUT2D eigenvalue weighted by Crippen LogP contribution is -2.28. The van der Waals surface area contributed by atoms with Gasteiger partial charge in [-0.05, 0) is 61.7 Å². The highest BCUT2D eigenvalue weighted by Crippen LogP contribution is 2.13. The smallest absolute Gasteiger partial charge is 0.338 e. The van der Waals surface area contributed by atoms with Gasteiger partial charge in [-0.25, -0.2) is 4.79 Å². The largest absolute Gasteiger partial charge is 0.494 e. The summed E-state index contributed by atoms with van der Waals surface area (Å²) in [6, 6.07) is 12.6. The van der Waals surface area contributed by atoms with Gasteiger partial charge in [0.1, 0.15) is 5.75 Å². The highest BCUT2D eigenvalue weighted by molar-refractivity contribution is 5.91. The third kappa shape index (κ3) is 5.64. The van der Waals surface area contributed by atoms with Gasteiger partial charge in [0.15, 0.2) is 6.61 Å². The monoisotopic (exact) mass is 341 g/mol. The Morgan fingerprint density at radius 2 is 1.72 bits per heavy atom. The molecule has 5 heteroatoms. The minimum Gasteiger partial charge on any atom is -0.494 e. The van der Waals surface area contributed by atoms with Gasteiger partial charge in [-0.15, -0.1) is 0 Å². The van der Waals surface area contributed by atoms with E-state index in [1.165, 1.54) is 11.1 Å². The van der Waals surface area contributed by atoms with Crippen LogP contribution in [0.4, 0.5) is 0 Å². The average molecular weight is 341 g/mol. The SMILES string of the molecule is CCOc1ccc(C(=O)OCC(=O)NCc2ccc(C)c(C)c2)cc1. The Morgan fingerprint density at radius 1 is 1.00 bits per heavy atom. The molecule has 0 unspecified atom stereocenters. The lowest BCUT2D eigenvalue weighted by molar-refractivity contribution is -0.124. The van der Waals surface area contributed by atoms with Gasteiger partial charge in [0.05, 0.1) is 12.2 Å². The molecule has 0 aliphatic rings. The van der Waals surface area contributed by atoms with Crippen molar-refractivity contribution in [3.8, 4) is 5.75 Å². The van der Waals surface area contributed by atoms with Crippen molar-refractivity contribution in [3.63, 3.8) is 0 Å². The molecule has 5 nitrogen and oxygen atoms in total. The molecule has 0 radical (unpaired) electrons. The standard InChI is InChI=1S/C20H23NO4/c1-4-24-18-9-7-17(8-10-18)20(23)25-13-19(22)21-12-16-6-5-14(2)15(3)11-16/h5-11H,4,12-13H2,1-3H3,(H,21,22). The third-order valence-corrected chi connectivity index (χ3v) is 3.80. The normalized spacial score (nSPS) is 10.2. The first-order chi connectivity index (χ1) is 12.0. The second kappa shape index (κ2) is 8.87. The second-order valence-electron chi connectivity index (χ2n) is 5.73. The van der Waals surface area contributed by atoms with E-state index < -0.39 is 5.97 Å². The van der Waals surface area contributed by atoms with Gasteiger partial charge in [-0.1, -0.05) is 18.2 Å². The topological polar surface area (TPSA) is 64.6 Å². The van der Waals surface area contributed by atoms with Crippen LogP contribution in [0.15, 0.2) is 42.5 Å². The predicted octanol–water partition coefficient (Wildman–Crippen LogP) is 3.18. The zero-order chi connectivity index (χ0) is 18.2. The Labute approximate surface area is 148 Å². The van der Waals surface area contributed by atoms with Crippen LogP contribution >= 0.6 is 0 Å². The van der Waals surface area contributed by atoms with E-state index in [2.05, 4.69) is 5.32 Å². The van der Waals surface area contributed by atoms with Crippen molar-refractivity contribution >= 4 is 11.9 Å². The molecule has 0 aromatic heterocycles. The molecule has 0 heterocycles. The lowest BCUT2D eigenvalue weighted by atomic mass is 10.1. The molecular weight excluding hydrogens is 318 g/mol. The number of hydrogen-bond donors (Lipinski definition) is 1. The molecule has 0 aliphatic heterocycles. The number of benzene rings is 2. The molecule has 0 saturated carbocycles. The zero-order valence-corrected chi connectivity index (χ0v) is 14.8. The first-order valence-electron chi connectivity index (χ1n) is 8.22. The van der Waals surface area contributed by atoms with Gasteiger partial charge in [0.25, 0.3) is 5.91 Å². The summed E-state index contributed by atoms with van der Waals surface area (Å²) in [5.41, 5.74) is 3.77. The van der Waals surface area contributed by atoms with E-state index in [1.54, 1.807) is 24.3 Å². The molecule has 1 N–H and O–H groups in total. The summed E-state index contributed by atoms with van der Waals surface area (Å²) in [4.78, 5) is 23.8. The minimum atomic E-state index is -0.538. The van der Waals surface area contributed by atoms with Gasteiger partial charge in [-0.2, -0.15) is 0 Å². The van der Waals surface area contributed by atoms with Crippen molar-refractivity contribution in [1.82, 2.24) is 5.32 Å². The summed E-state index contributed by atoms with van der Waals surface area (Å²) >= 11 is 0. The lowest BCUT2D eigenvalue weighted by Gasteiger charge is -2.09. The summed E-state index contributed by atoms with van der Waals surface area (Å²) in [6.07, 6.45) is 0. The zero-order valence-electron chi connectivity index (χ0n) is 14.8. The van der Waals surface area contributed by atoms with Crippen LogP contribution in [-0.2, 0) is 16.1 Å². The van der Waals surface area contributed by atoms with E-state index in [0.29, 0.717) is 24.5 Å². The summed E-state index contributed by atoms with van der Waals surface area (Å²) in [5.74, 6) is -0.188. The molecule has 25 heavy (non-hydrogen) atoms. The fourth-order valence-corrected chi connectivity index (χ4v) is 2.23. The maximum Gasteiger partial charge on any atom is 0.338 e. The average Bonchev–Trinajstić information content (AvgIpc) is 2.61. The van der Waals surface area contributed by atoms with Crippen LogP contribution < -0.4 is 10.1 Å². The first-order valence-corrected chi connectivity index (χ1v) is 8.22. The molecule has 0 bridgehead atoms. The number of amides is 1. The van der Waals surface area contributed by atoms with Crippen LogP contribution in [0.1, 0.15) is 34.0 Å². The Bertz CT molecular complexity index is 738. The van der Waals surface area contributed by atoms with Crippen LogP contribution in [-0.4, -0.2) is 25.1 Å². The third-order valence-electron chi connectivity index (χ3n) is 3.80. The van der Waals surface area contributed by atoms with Gasteiger partial charge in [-0.3, -0.25) is 4.79 Å². The van der Waals surface area contributed by atoms with Crippen LogP contribution in [0.25, 0.3) is 0 Å². The van der Waals surface area contributed by atoms with Crippen molar-refractivity contribution in [3.05, 3.63) is 64.7 Å². The van der Waals surface area contributed by atoms with E-state index in [9.17, 15) is 9.59 Å². The molecule has 1 amide bonds. The van der Waals surface area contributed by atoms with Gasteiger partial charge < -0.3 is 14.8 Å². The fourth-order valence-electron chi connectivity index (χ4n) is 2.23. The van der Waals surface area contributed by atoms with Gasteiger partial charge >= 0.3 is 5.97 Å². The number of ether oxygens (including phenoxy) is 2. The second-order valence-corrected chi connectivity index (χ2v) is 5.73. The highest BCUT2D eigenvalue weighted by atomic mass is 16.5. The molecule has 0 fully saturated rings. The minimum absolute atomic E-state index is 0.309. The molecule has 0 spiro atoms. The number of hydrogen-bond acceptors (Lipinski definition) is 4. The van der Waals surface area contributed by atoms with Gasteiger partial charge in [0.2, 0.25) is 0 Å². The summed E-state index contributed by atoms with van der Waals surface area (Å²) < 4.78 is 10.3. The summed E-state index contributed by atoms with van der Waals surface area (Å²) in [7, 11) is 0. The van der Waals surface area contributed by atoms with Crippen LogP contribution in [0.5, 0.6) is 5.75 Å². The summed E-state index contributed by atoms with van der Waals surface area (Å²) in [6.45, 7) is 6.61. The Hall–Kier alpha value is -2.82. The van der Waals surface area contributed by atoms with E-state index in [0.717, 1.165) is 5.56 Å². The molecule has 132 valence electrons. The van der Waals surface area contributed by atoms with Crippen molar-refractivity contribution in [2.24, 2.45) is 0 Å². The first kappa shape index (κ1) is 18.5. The van der Waals surface area contributed by atoms with Crippen molar-refractivity contribution < 1.29 is 19.1 Å². The number of rotatable bonds is 7. The quantitative estimate of drug-likeness (QED) is 0.786. The molecular formula is C20H23NO4. The van der Waals surface area contributed by atoms with E-state index >= 15 is 0 Å². The highest BCUT2D eigenvalue weighted by Gasteiger charge is 2.10. The molecule has 2 aromatic carbocycles. The maximum absolute atomic E-state index is 11.9. The number of aryl methyl sites for hydroxylation is 2. The van der Waals surface area contributed by atoms with Gasteiger partial charge in [0, 0.05) is 6.54 Å². The van der Waals surface area contributed by atoms with Crippen molar-refractivity contribution in [2.75, 3.05) is 13.2 Å². The maximum atomic E-state index is 11.9. The predicted molar refractivity (Wildman–Crippen MR) is 95.7 cm³/mol. The van der Waals surface area contributed by atoms with Crippen LogP contribution in [0, 0.1) is 13.8 Å². The van der Waals surface area contributed by atoms with Crippen LogP contribution in [0.2, 0.25) is 0 Å². The van der Waals surface area contributed by atoms with Crippen molar-refractivity contribution in [2.45, 2.75) is 27.3 Å². The molecule has 2 aromatic rings. The molecule has 2 rings (SSSR count). The van der Waals surface area contributed by atoms with E-state index in [4.69, 9.17) is 9.47 Å². The number of nitrogens with one attached hydrogen (secondary N) is 1. The van der Waals surface area contributed by atoms with E-state index in [1.807, 2.05) is 39.0 Å². The molecule has 0 saturated heterocycles.